The summed E-state index contributed by atoms with van der Waals surface area (Å²) in [7, 11) is 1.21. The summed E-state index contributed by atoms with van der Waals surface area (Å²) in [6.45, 7) is 3.62. The smallest absolute Gasteiger partial charge is 0.419 e. The molecule has 0 amide bonds. The van der Waals surface area contributed by atoms with Crippen molar-refractivity contribution in [2.45, 2.75) is 44.3 Å². The zero-order valence-electron chi connectivity index (χ0n) is 13.5. The van der Waals surface area contributed by atoms with Crippen LogP contribution in [-0.4, -0.2) is 19.1 Å². The highest BCUT2D eigenvalue weighted by Gasteiger charge is 2.34. The van der Waals surface area contributed by atoms with Crippen LogP contribution >= 0.6 is 0 Å². The molecule has 134 valence electrons. The average Bonchev–Trinajstić information content (AvgIpc) is 2.53. The average molecular weight is 347 g/mol. The molecule has 1 unspecified atom stereocenters. The van der Waals surface area contributed by atoms with Crippen LogP contribution in [0.1, 0.15) is 37.7 Å². The van der Waals surface area contributed by atoms with Gasteiger partial charge in [-0.3, -0.25) is 0 Å². The lowest BCUT2D eigenvalue weighted by atomic mass is 10.1. The van der Waals surface area contributed by atoms with E-state index in [1.807, 2.05) is 0 Å². The summed E-state index contributed by atoms with van der Waals surface area (Å²) in [5.74, 6) is -1.93. The molecule has 0 fully saturated rings. The third-order valence-corrected chi connectivity index (χ3v) is 3.50. The molecule has 0 aromatic heterocycles. The molecule has 0 aliphatic carbocycles. The molecule has 24 heavy (non-hydrogen) atoms. The molecule has 0 saturated carbocycles. The first-order valence-electron chi connectivity index (χ1n) is 7.61. The minimum atomic E-state index is -4.80. The van der Waals surface area contributed by atoms with E-state index in [1.54, 1.807) is 6.08 Å². The number of unbranched alkanes of at least 4 members (excludes halogenated alkanes) is 3. The molecule has 0 aliphatic heterocycles. The second-order valence-corrected chi connectivity index (χ2v) is 5.34. The second kappa shape index (κ2) is 9.30. The number of allylic oxidation sites excluding steroid dienone is 1. The van der Waals surface area contributed by atoms with Crippen molar-refractivity contribution in [3.05, 3.63) is 42.2 Å². The molecule has 0 bridgehead atoms. The molecule has 1 atom stereocenters. The van der Waals surface area contributed by atoms with Gasteiger partial charge in [-0.05, 0) is 37.5 Å². The summed E-state index contributed by atoms with van der Waals surface area (Å²) in [6.07, 6.45) is 0.755. The van der Waals surface area contributed by atoms with Crippen LogP contribution < -0.4 is 5.32 Å². The molecule has 1 aromatic rings. The minimum Gasteiger partial charge on any atom is -0.467 e. The highest BCUT2D eigenvalue weighted by atomic mass is 19.4. The van der Waals surface area contributed by atoms with Crippen molar-refractivity contribution >= 4 is 11.7 Å². The fourth-order valence-corrected chi connectivity index (χ4v) is 2.24. The van der Waals surface area contributed by atoms with Gasteiger partial charge in [0.1, 0.15) is 11.9 Å². The van der Waals surface area contributed by atoms with Gasteiger partial charge in [0.25, 0.3) is 0 Å². The van der Waals surface area contributed by atoms with Crippen LogP contribution in [0, 0.1) is 5.82 Å². The van der Waals surface area contributed by atoms with Crippen molar-refractivity contribution in [2.24, 2.45) is 0 Å². The quantitative estimate of drug-likeness (QED) is 0.298. The van der Waals surface area contributed by atoms with Crippen molar-refractivity contribution < 1.29 is 27.1 Å². The summed E-state index contributed by atoms with van der Waals surface area (Å²) in [5.41, 5.74) is -1.35. The van der Waals surface area contributed by atoms with Gasteiger partial charge in [-0.1, -0.05) is 18.9 Å². The van der Waals surface area contributed by atoms with Gasteiger partial charge in [-0.15, -0.1) is 6.58 Å². The largest absolute Gasteiger partial charge is 0.467 e. The Bertz CT molecular complexity index is 558. The molecule has 1 rings (SSSR count). The standard InChI is InChI=1S/C17H21F4NO2/c1-3-4-5-6-7-8-15(16(23)24-2)22-12-9-10-14(18)13(11-12)17(19,20)21/h3,9-11,15,22H,1,4-8H2,2H3. The van der Waals surface area contributed by atoms with Crippen LogP contribution in [0.5, 0.6) is 0 Å². The van der Waals surface area contributed by atoms with Gasteiger partial charge in [-0.25, -0.2) is 9.18 Å². The number of esters is 1. The van der Waals surface area contributed by atoms with Crippen molar-refractivity contribution in [1.82, 2.24) is 0 Å². The van der Waals surface area contributed by atoms with Crippen LogP contribution in [0.3, 0.4) is 0 Å². The highest BCUT2D eigenvalue weighted by molar-refractivity contribution is 5.79. The van der Waals surface area contributed by atoms with E-state index >= 15 is 0 Å². The molecule has 0 heterocycles. The molecule has 7 heteroatoms. The van der Waals surface area contributed by atoms with Crippen LogP contribution in [0.15, 0.2) is 30.9 Å². The number of alkyl halides is 3. The predicted octanol–water partition coefficient (Wildman–Crippen LogP) is 4.93. The van der Waals surface area contributed by atoms with E-state index in [2.05, 4.69) is 16.6 Å². The van der Waals surface area contributed by atoms with E-state index in [-0.39, 0.29) is 5.69 Å². The zero-order valence-corrected chi connectivity index (χ0v) is 13.5. The third-order valence-electron chi connectivity index (χ3n) is 3.50. The minimum absolute atomic E-state index is 0.0187. The predicted molar refractivity (Wildman–Crippen MR) is 84.1 cm³/mol. The number of hydrogen-bond acceptors (Lipinski definition) is 3. The normalized spacial score (nSPS) is 12.5. The monoisotopic (exact) mass is 347 g/mol. The van der Waals surface area contributed by atoms with Crippen LogP contribution in [0.4, 0.5) is 23.2 Å². The summed E-state index contributed by atoms with van der Waals surface area (Å²) in [5, 5.41) is 2.70. The Kier molecular flexibility index (Phi) is 7.74. The Morgan fingerprint density at radius 3 is 2.62 bits per heavy atom. The van der Waals surface area contributed by atoms with Gasteiger partial charge in [0.2, 0.25) is 0 Å². The lowest BCUT2D eigenvalue weighted by Gasteiger charge is -2.19. The SMILES string of the molecule is C=CCCCCCC(Nc1ccc(F)c(C(F)(F)F)c1)C(=O)OC. The van der Waals surface area contributed by atoms with E-state index in [1.165, 1.54) is 7.11 Å². The first-order valence-corrected chi connectivity index (χ1v) is 7.61. The number of rotatable bonds is 9. The fourth-order valence-electron chi connectivity index (χ4n) is 2.24. The van der Waals surface area contributed by atoms with E-state index in [4.69, 9.17) is 0 Å². The zero-order chi connectivity index (χ0) is 18.2. The lowest BCUT2D eigenvalue weighted by molar-refractivity contribution is -0.141. The van der Waals surface area contributed by atoms with Gasteiger partial charge in [0.15, 0.2) is 0 Å². The summed E-state index contributed by atoms with van der Waals surface area (Å²) >= 11 is 0. The Balaban J connectivity index is 2.79. The van der Waals surface area contributed by atoms with E-state index < -0.39 is 29.6 Å². The fraction of sp³-hybridized carbons (Fsp3) is 0.471. The molecular formula is C17H21F4NO2. The lowest BCUT2D eigenvalue weighted by Crippen LogP contribution is -2.30. The molecule has 0 radical (unpaired) electrons. The summed E-state index contributed by atoms with van der Waals surface area (Å²) in [4.78, 5) is 11.8. The summed E-state index contributed by atoms with van der Waals surface area (Å²) in [6, 6.07) is 1.76. The Hall–Kier alpha value is -2.05. The maximum atomic E-state index is 13.3. The second-order valence-electron chi connectivity index (χ2n) is 5.34. The number of anilines is 1. The molecular weight excluding hydrogens is 326 g/mol. The Morgan fingerprint density at radius 2 is 2.04 bits per heavy atom. The highest BCUT2D eigenvalue weighted by Crippen LogP contribution is 2.33. The first-order chi connectivity index (χ1) is 11.3. The Labute approximate surface area is 138 Å². The van der Waals surface area contributed by atoms with Crippen molar-refractivity contribution in [3.8, 4) is 0 Å². The maximum Gasteiger partial charge on any atom is 0.419 e. The topological polar surface area (TPSA) is 38.3 Å². The number of carbonyl (C=O) groups excluding carboxylic acids is 1. The summed E-state index contributed by atoms with van der Waals surface area (Å²) < 4.78 is 56.2. The van der Waals surface area contributed by atoms with Crippen LogP contribution in [-0.2, 0) is 15.7 Å². The number of methoxy groups -OCH3 is 1. The van der Waals surface area contributed by atoms with Crippen molar-refractivity contribution in [2.75, 3.05) is 12.4 Å². The van der Waals surface area contributed by atoms with E-state index in [0.29, 0.717) is 18.9 Å². The molecule has 0 aliphatic rings. The molecule has 1 N–H and O–H groups in total. The third kappa shape index (κ3) is 6.22. The van der Waals surface area contributed by atoms with Crippen LogP contribution in [0.2, 0.25) is 0 Å². The number of carbonyl (C=O) groups is 1. The van der Waals surface area contributed by atoms with Crippen molar-refractivity contribution in [1.29, 1.82) is 0 Å². The number of hydrogen-bond donors (Lipinski definition) is 1. The van der Waals surface area contributed by atoms with Gasteiger partial charge >= 0.3 is 12.1 Å². The van der Waals surface area contributed by atoms with Gasteiger partial charge in [0, 0.05) is 5.69 Å². The molecule has 0 saturated heterocycles. The number of nitrogens with one attached hydrogen (secondary N) is 1. The maximum absolute atomic E-state index is 13.3. The van der Waals surface area contributed by atoms with E-state index in [9.17, 15) is 22.4 Å². The van der Waals surface area contributed by atoms with E-state index in [0.717, 1.165) is 31.4 Å². The molecule has 3 nitrogen and oxygen atoms in total. The molecule has 1 aromatic carbocycles. The first kappa shape index (κ1) is 20.0. The van der Waals surface area contributed by atoms with Gasteiger partial charge in [0.05, 0.1) is 12.7 Å². The van der Waals surface area contributed by atoms with Crippen molar-refractivity contribution in [3.63, 3.8) is 0 Å². The van der Waals surface area contributed by atoms with Crippen LogP contribution in [0.25, 0.3) is 0 Å². The van der Waals surface area contributed by atoms with Gasteiger partial charge < -0.3 is 10.1 Å². The Morgan fingerprint density at radius 1 is 1.33 bits per heavy atom. The number of halogens is 4. The number of benzene rings is 1. The van der Waals surface area contributed by atoms with Gasteiger partial charge in [-0.2, -0.15) is 13.2 Å². The number of ether oxygens (including phenoxy) is 1. The molecule has 0 spiro atoms.